The Kier molecular flexibility index (Phi) is 3.58. The van der Waals surface area contributed by atoms with Crippen LogP contribution >= 0.6 is 0 Å². The number of nitrogens with zero attached hydrogens (tertiary/aromatic N) is 2. The molecule has 0 bridgehead atoms. The van der Waals surface area contributed by atoms with Crippen LogP contribution in [0.4, 0.5) is 5.82 Å². The maximum atomic E-state index is 12.1. The molecule has 0 aromatic carbocycles. The van der Waals surface area contributed by atoms with Crippen molar-refractivity contribution >= 4 is 11.7 Å². The van der Waals surface area contributed by atoms with E-state index in [4.69, 9.17) is 4.74 Å². The van der Waals surface area contributed by atoms with E-state index >= 15 is 0 Å². The van der Waals surface area contributed by atoms with Gasteiger partial charge in [0.15, 0.2) is 0 Å². The highest BCUT2D eigenvalue weighted by Gasteiger charge is 2.22. The summed E-state index contributed by atoms with van der Waals surface area (Å²) in [5.41, 5.74) is 0.511. The minimum Gasteiger partial charge on any atom is -0.477 e. The zero-order valence-electron chi connectivity index (χ0n) is 11.0. The summed E-state index contributed by atoms with van der Waals surface area (Å²) >= 11 is 0. The summed E-state index contributed by atoms with van der Waals surface area (Å²) in [7, 11) is 0. The van der Waals surface area contributed by atoms with E-state index in [0.717, 1.165) is 0 Å². The number of anilines is 1. The average Bonchev–Trinajstić information content (AvgIpc) is 3.31. The number of hydrogen-bond donors (Lipinski definition) is 1. The van der Waals surface area contributed by atoms with Crippen molar-refractivity contribution in [3.63, 3.8) is 0 Å². The fourth-order valence-corrected chi connectivity index (χ4v) is 1.74. The Morgan fingerprint density at radius 2 is 2.15 bits per heavy atom. The van der Waals surface area contributed by atoms with Gasteiger partial charge in [-0.25, -0.2) is 9.97 Å². The molecule has 0 radical (unpaired) electrons. The van der Waals surface area contributed by atoms with Crippen LogP contribution in [0, 0.1) is 5.92 Å². The number of rotatable bonds is 5. The van der Waals surface area contributed by atoms with Gasteiger partial charge in [0.05, 0.1) is 6.61 Å². The Hall–Kier alpha value is -2.43. The van der Waals surface area contributed by atoms with Crippen LogP contribution in [0.5, 0.6) is 5.88 Å². The molecule has 2 aromatic rings. The molecule has 2 heterocycles. The van der Waals surface area contributed by atoms with Crippen molar-refractivity contribution in [1.29, 1.82) is 0 Å². The molecule has 0 unspecified atom stereocenters. The number of hydrogen-bond acceptors (Lipinski definition) is 4. The van der Waals surface area contributed by atoms with Gasteiger partial charge in [-0.2, -0.15) is 0 Å². The Balaban J connectivity index is 1.65. The lowest BCUT2D eigenvalue weighted by atomic mass is 10.2. The van der Waals surface area contributed by atoms with Gasteiger partial charge in [0.25, 0.3) is 5.91 Å². The lowest BCUT2D eigenvalue weighted by Crippen LogP contribution is -2.13. The molecule has 1 fully saturated rings. The predicted molar refractivity (Wildman–Crippen MR) is 74.6 cm³/mol. The van der Waals surface area contributed by atoms with Crippen LogP contribution in [0.3, 0.4) is 0 Å². The van der Waals surface area contributed by atoms with Crippen LogP contribution < -0.4 is 10.1 Å². The molecule has 1 N–H and O–H groups in total. The summed E-state index contributed by atoms with van der Waals surface area (Å²) in [6, 6.07) is 8.66. The first-order valence-corrected chi connectivity index (χ1v) is 6.62. The third-order valence-electron chi connectivity index (χ3n) is 3.07. The highest BCUT2D eigenvalue weighted by molar-refractivity contribution is 6.03. The van der Waals surface area contributed by atoms with E-state index in [0.29, 0.717) is 29.8 Å². The van der Waals surface area contributed by atoms with Gasteiger partial charge in [0.2, 0.25) is 5.88 Å². The fourth-order valence-electron chi connectivity index (χ4n) is 1.74. The number of carbonyl (C=O) groups excluding carboxylic acids is 1. The summed E-state index contributed by atoms with van der Waals surface area (Å²) in [6.45, 7) is 0.679. The van der Waals surface area contributed by atoms with Gasteiger partial charge >= 0.3 is 0 Å². The van der Waals surface area contributed by atoms with E-state index in [1.165, 1.54) is 12.8 Å². The van der Waals surface area contributed by atoms with Gasteiger partial charge in [0.1, 0.15) is 5.82 Å². The number of pyridine rings is 2. The lowest BCUT2D eigenvalue weighted by Gasteiger charge is -2.07. The van der Waals surface area contributed by atoms with Crippen molar-refractivity contribution < 1.29 is 9.53 Å². The van der Waals surface area contributed by atoms with E-state index < -0.39 is 0 Å². The predicted octanol–water partition coefficient (Wildman–Crippen LogP) is 2.52. The minimum absolute atomic E-state index is 0.220. The van der Waals surface area contributed by atoms with E-state index in [1.807, 2.05) is 6.07 Å². The molecule has 1 aliphatic rings. The monoisotopic (exact) mass is 269 g/mol. The van der Waals surface area contributed by atoms with Gasteiger partial charge in [-0.05, 0) is 37.0 Å². The summed E-state index contributed by atoms with van der Waals surface area (Å²) in [4.78, 5) is 20.2. The van der Waals surface area contributed by atoms with Crippen LogP contribution in [-0.4, -0.2) is 22.5 Å². The van der Waals surface area contributed by atoms with Crippen LogP contribution in [0.2, 0.25) is 0 Å². The van der Waals surface area contributed by atoms with Crippen molar-refractivity contribution in [2.24, 2.45) is 5.92 Å². The Bertz CT molecular complexity index is 597. The Morgan fingerprint density at radius 1 is 1.25 bits per heavy atom. The molecule has 102 valence electrons. The van der Waals surface area contributed by atoms with Crippen LogP contribution in [0.15, 0.2) is 42.7 Å². The van der Waals surface area contributed by atoms with Gasteiger partial charge < -0.3 is 10.1 Å². The maximum absolute atomic E-state index is 12.1. The largest absolute Gasteiger partial charge is 0.477 e. The van der Waals surface area contributed by atoms with Crippen LogP contribution in [0.25, 0.3) is 0 Å². The Morgan fingerprint density at radius 3 is 2.90 bits per heavy atom. The molecule has 5 heteroatoms. The SMILES string of the molecule is O=C(Nc1ccccn1)c1ccnc(OCC2CC2)c1. The molecule has 0 saturated heterocycles. The number of carbonyl (C=O) groups is 1. The van der Waals surface area contributed by atoms with Crippen molar-refractivity contribution in [2.45, 2.75) is 12.8 Å². The number of ether oxygens (including phenoxy) is 1. The fraction of sp³-hybridized carbons (Fsp3) is 0.267. The third kappa shape index (κ3) is 3.32. The van der Waals surface area contributed by atoms with E-state index in [1.54, 1.807) is 36.7 Å². The lowest BCUT2D eigenvalue weighted by molar-refractivity contribution is 0.102. The zero-order chi connectivity index (χ0) is 13.8. The third-order valence-corrected chi connectivity index (χ3v) is 3.07. The molecule has 5 nitrogen and oxygen atoms in total. The molecule has 0 atom stereocenters. The topological polar surface area (TPSA) is 64.1 Å². The Labute approximate surface area is 117 Å². The summed E-state index contributed by atoms with van der Waals surface area (Å²) in [6.07, 6.45) is 5.65. The van der Waals surface area contributed by atoms with Crippen molar-refractivity contribution in [3.05, 3.63) is 48.3 Å². The molecular formula is C15H15N3O2. The molecule has 3 rings (SSSR count). The molecule has 2 aromatic heterocycles. The smallest absolute Gasteiger partial charge is 0.257 e. The molecule has 1 saturated carbocycles. The molecular weight excluding hydrogens is 254 g/mol. The molecule has 20 heavy (non-hydrogen) atoms. The van der Waals surface area contributed by atoms with E-state index in [2.05, 4.69) is 15.3 Å². The molecule has 0 spiro atoms. The number of aromatic nitrogens is 2. The van der Waals surface area contributed by atoms with Gasteiger partial charge in [0, 0.05) is 24.0 Å². The maximum Gasteiger partial charge on any atom is 0.257 e. The van der Waals surface area contributed by atoms with Gasteiger partial charge in [-0.1, -0.05) is 6.07 Å². The summed E-state index contributed by atoms with van der Waals surface area (Å²) in [5, 5.41) is 2.73. The van der Waals surface area contributed by atoms with Crippen LogP contribution in [0.1, 0.15) is 23.2 Å². The van der Waals surface area contributed by atoms with E-state index in [9.17, 15) is 4.79 Å². The number of amides is 1. The van der Waals surface area contributed by atoms with Crippen molar-refractivity contribution in [3.8, 4) is 5.88 Å². The molecule has 0 aliphatic heterocycles. The van der Waals surface area contributed by atoms with Crippen LogP contribution in [-0.2, 0) is 0 Å². The standard InChI is InChI=1S/C15H15N3O2/c19-15(18-13-3-1-2-7-16-13)12-6-8-17-14(9-12)20-10-11-4-5-11/h1-3,6-9,11H,4-5,10H2,(H,16,18,19). The van der Waals surface area contributed by atoms with Crippen molar-refractivity contribution in [1.82, 2.24) is 9.97 Å². The second-order valence-corrected chi connectivity index (χ2v) is 4.81. The second kappa shape index (κ2) is 5.69. The van der Waals surface area contributed by atoms with Gasteiger partial charge in [-0.15, -0.1) is 0 Å². The summed E-state index contributed by atoms with van der Waals surface area (Å²) < 4.78 is 5.56. The quantitative estimate of drug-likeness (QED) is 0.905. The van der Waals surface area contributed by atoms with Gasteiger partial charge in [-0.3, -0.25) is 4.79 Å². The van der Waals surface area contributed by atoms with E-state index in [-0.39, 0.29) is 5.91 Å². The zero-order valence-corrected chi connectivity index (χ0v) is 11.0. The first kappa shape index (κ1) is 12.6. The van der Waals surface area contributed by atoms with Crippen molar-refractivity contribution in [2.75, 3.05) is 11.9 Å². The first-order chi connectivity index (χ1) is 9.81. The molecule has 1 amide bonds. The highest BCUT2D eigenvalue weighted by atomic mass is 16.5. The number of nitrogens with one attached hydrogen (secondary N) is 1. The molecule has 1 aliphatic carbocycles. The first-order valence-electron chi connectivity index (χ1n) is 6.62. The summed E-state index contributed by atoms with van der Waals surface area (Å²) in [5.74, 6) is 1.45. The highest BCUT2D eigenvalue weighted by Crippen LogP contribution is 2.29. The minimum atomic E-state index is -0.220. The average molecular weight is 269 g/mol. The normalized spacial score (nSPS) is 13.8. The second-order valence-electron chi connectivity index (χ2n) is 4.81.